The molecule has 0 saturated heterocycles. The second kappa shape index (κ2) is 10.8. The molecule has 0 aliphatic carbocycles. The van der Waals surface area contributed by atoms with Gasteiger partial charge in [0, 0.05) is 25.3 Å². The number of aliphatic hydroxyl groups excluding tert-OH is 1. The fourth-order valence-electron chi connectivity index (χ4n) is 3.92. The molecule has 0 spiro atoms. The van der Waals surface area contributed by atoms with Crippen LogP contribution in [0.1, 0.15) is 16.7 Å². The Balaban J connectivity index is 1.31. The van der Waals surface area contributed by atoms with E-state index in [2.05, 4.69) is 17.1 Å². The van der Waals surface area contributed by atoms with Gasteiger partial charge in [0.1, 0.15) is 17.6 Å². The van der Waals surface area contributed by atoms with Crippen molar-refractivity contribution in [1.82, 2.24) is 10.2 Å². The van der Waals surface area contributed by atoms with Gasteiger partial charge in [-0.15, -0.1) is 4.91 Å². The Morgan fingerprint density at radius 3 is 2.35 bits per heavy atom. The molecule has 3 aromatic carbocycles. The third-order valence-electron chi connectivity index (χ3n) is 5.89. The Labute approximate surface area is 198 Å². The fourth-order valence-corrected chi connectivity index (χ4v) is 3.92. The number of benzene rings is 3. The van der Waals surface area contributed by atoms with Crippen molar-refractivity contribution in [1.29, 1.82) is 0 Å². The maximum atomic E-state index is 12.9. The quantitative estimate of drug-likeness (QED) is 0.471. The summed E-state index contributed by atoms with van der Waals surface area (Å²) in [5.74, 6) is 0.953. The summed E-state index contributed by atoms with van der Waals surface area (Å²) >= 11 is 0. The van der Waals surface area contributed by atoms with Gasteiger partial charge >= 0.3 is 0 Å². The molecular formula is C27H27N3O4. The maximum absolute atomic E-state index is 12.9. The van der Waals surface area contributed by atoms with Crippen LogP contribution in [-0.2, 0) is 24.3 Å². The molecule has 0 radical (unpaired) electrons. The minimum atomic E-state index is -1.45. The van der Waals surface area contributed by atoms with E-state index in [1.165, 1.54) is 5.56 Å². The smallest absolute Gasteiger partial charge is 0.254 e. The van der Waals surface area contributed by atoms with Crippen LogP contribution in [0.3, 0.4) is 0 Å². The number of nitroso groups, excluding NO2 is 1. The van der Waals surface area contributed by atoms with Gasteiger partial charge in [-0.05, 0) is 47.4 Å². The van der Waals surface area contributed by atoms with Crippen LogP contribution in [0.2, 0.25) is 0 Å². The van der Waals surface area contributed by atoms with Gasteiger partial charge in [-0.25, -0.2) is 0 Å². The Hall–Kier alpha value is -3.97. The largest absolute Gasteiger partial charge is 0.457 e. The van der Waals surface area contributed by atoms with Gasteiger partial charge in [0.05, 0.1) is 0 Å². The van der Waals surface area contributed by atoms with Crippen LogP contribution >= 0.6 is 0 Å². The van der Waals surface area contributed by atoms with Gasteiger partial charge in [-0.2, -0.15) is 0 Å². The maximum Gasteiger partial charge on any atom is 0.254 e. The summed E-state index contributed by atoms with van der Waals surface area (Å²) in [6.07, 6.45) is -0.727. The second-order valence-electron chi connectivity index (χ2n) is 8.21. The summed E-state index contributed by atoms with van der Waals surface area (Å²) in [7, 11) is 0. The number of carbonyl (C=O) groups excluding carboxylic acids is 1. The lowest BCUT2D eigenvalue weighted by atomic mass is 9.98. The van der Waals surface area contributed by atoms with Crippen molar-refractivity contribution in [2.24, 2.45) is 5.18 Å². The number of para-hydroxylation sites is 1. The molecule has 0 aromatic heterocycles. The van der Waals surface area contributed by atoms with Gasteiger partial charge in [0.2, 0.25) is 6.04 Å². The first-order valence-corrected chi connectivity index (χ1v) is 11.2. The third-order valence-corrected chi connectivity index (χ3v) is 5.89. The first kappa shape index (κ1) is 23.2. The minimum Gasteiger partial charge on any atom is -0.457 e. The number of ether oxygens (including phenoxy) is 1. The summed E-state index contributed by atoms with van der Waals surface area (Å²) in [6.45, 7) is 5.05. The number of carbonyl (C=O) groups is 1. The lowest BCUT2D eigenvalue weighted by Gasteiger charge is -2.31. The van der Waals surface area contributed by atoms with E-state index in [0.717, 1.165) is 16.9 Å². The van der Waals surface area contributed by atoms with Crippen molar-refractivity contribution in [2.75, 3.05) is 6.54 Å². The van der Waals surface area contributed by atoms with Gasteiger partial charge in [0.25, 0.3) is 5.91 Å². The summed E-state index contributed by atoms with van der Waals surface area (Å²) in [6, 6.07) is 23.4. The van der Waals surface area contributed by atoms with Crippen molar-refractivity contribution in [3.05, 3.63) is 113 Å². The van der Waals surface area contributed by atoms with Gasteiger partial charge in [0.15, 0.2) is 0 Å². The van der Waals surface area contributed by atoms with Crippen LogP contribution in [0.5, 0.6) is 11.5 Å². The minimum absolute atomic E-state index is 0.167. The van der Waals surface area contributed by atoms with E-state index in [1.54, 1.807) is 4.90 Å². The Morgan fingerprint density at radius 2 is 1.65 bits per heavy atom. The van der Waals surface area contributed by atoms with Crippen LogP contribution in [0.15, 0.2) is 96.3 Å². The summed E-state index contributed by atoms with van der Waals surface area (Å²) in [5, 5.41) is 16.6. The number of amides is 1. The van der Waals surface area contributed by atoms with Gasteiger partial charge < -0.3 is 20.1 Å². The predicted molar refractivity (Wildman–Crippen MR) is 130 cm³/mol. The van der Waals surface area contributed by atoms with Gasteiger partial charge in [-0.1, -0.05) is 66.4 Å². The average molecular weight is 458 g/mol. The highest BCUT2D eigenvalue weighted by Crippen LogP contribution is 2.22. The average Bonchev–Trinajstić information content (AvgIpc) is 2.88. The van der Waals surface area contributed by atoms with E-state index in [-0.39, 0.29) is 5.70 Å². The molecule has 1 amide bonds. The number of hydrogen-bond acceptors (Lipinski definition) is 6. The molecule has 7 nitrogen and oxygen atoms in total. The molecule has 2 N–H and O–H groups in total. The number of hydrogen-bond donors (Lipinski definition) is 2. The number of nitrogens with zero attached hydrogens (tertiary/aromatic N) is 2. The lowest BCUT2D eigenvalue weighted by molar-refractivity contribution is -0.135. The second-order valence-corrected chi connectivity index (χ2v) is 8.21. The first-order chi connectivity index (χ1) is 16.5. The van der Waals surface area contributed by atoms with Crippen LogP contribution < -0.4 is 10.1 Å². The molecule has 1 heterocycles. The highest BCUT2D eigenvalue weighted by Gasteiger charge is 2.34. The van der Waals surface area contributed by atoms with E-state index >= 15 is 0 Å². The summed E-state index contributed by atoms with van der Waals surface area (Å²) in [4.78, 5) is 26.0. The third kappa shape index (κ3) is 5.50. The van der Waals surface area contributed by atoms with Crippen molar-refractivity contribution in [3.8, 4) is 11.5 Å². The zero-order valence-electron chi connectivity index (χ0n) is 18.8. The van der Waals surface area contributed by atoms with E-state index in [4.69, 9.17) is 4.74 Å². The molecule has 1 aliphatic heterocycles. The molecule has 0 fully saturated rings. The van der Waals surface area contributed by atoms with Gasteiger partial charge in [-0.3, -0.25) is 4.79 Å². The monoisotopic (exact) mass is 457 g/mol. The van der Waals surface area contributed by atoms with Crippen LogP contribution in [0, 0.1) is 4.91 Å². The number of rotatable bonds is 9. The molecular weight excluding hydrogens is 430 g/mol. The molecule has 3 aromatic rings. The molecule has 0 unspecified atom stereocenters. The van der Waals surface area contributed by atoms with Crippen molar-refractivity contribution in [3.63, 3.8) is 0 Å². The normalized spacial score (nSPS) is 14.4. The predicted octanol–water partition coefficient (Wildman–Crippen LogP) is 4.16. The van der Waals surface area contributed by atoms with Crippen molar-refractivity contribution >= 4 is 5.91 Å². The molecule has 7 heteroatoms. The molecule has 1 aliphatic rings. The number of nitrogens with one attached hydrogen (secondary N) is 1. The van der Waals surface area contributed by atoms with E-state index < -0.39 is 18.1 Å². The zero-order valence-corrected chi connectivity index (χ0v) is 18.8. The fraction of sp³-hybridized carbons (Fsp3) is 0.222. The molecule has 0 bridgehead atoms. The van der Waals surface area contributed by atoms with E-state index in [0.29, 0.717) is 31.8 Å². The molecule has 34 heavy (non-hydrogen) atoms. The molecule has 174 valence electrons. The van der Waals surface area contributed by atoms with Crippen LogP contribution in [-0.4, -0.2) is 34.6 Å². The molecule has 4 rings (SSSR count). The highest BCUT2D eigenvalue weighted by atomic mass is 16.5. The van der Waals surface area contributed by atoms with Crippen LogP contribution in [0.4, 0.5) is 0 Å². The Morgan fingerprint density at radius 1 is 1.00 bits per heavy atom. The molecule has 0 saturated carbocycles. The Bertz CT molecular complexity index is 1150. The number of fused-ring (bicyclic) bond motifs is 1. The standard InChI is InChI=1S/C27H27N3O4/c1-19(28-17-20-11-13-24(14-12-20)34-23-9-3-2-4-10-23)26(31)25(29-33)27(32)30-16-15-21-7-5-6-8-22(21)18-30/h2-14,25-26,28,31H,1,15-18H2/t25-,26+/m1/s1. The summed E-state index contributed by atoms with van der Waals surface area (Å²) in [5.41, 5.74) is 3.31. The van der Waals surface area contributed by atoms with Crippen molar-refractivity contribution < 1.29 is 14.6 Å². The van der Waals surface area contributed by atoms with E-state index in [1.807, 2.05) is 78.9 Å². The van der Waals surface area contributed by atoms with E-state index in [9.17, 15) is 14.8 Å². The summed E-state index contributed by atoms with van der Waals surface area (Å²) < 4.78 is 5.78. The Kier molecular flexibility index (Phi) is 7.34. The molecule has 2 atom stereocenters. The van der Waals surface area contributed by atoms with Crippen molar-refractivity contribution in [2.45, 2.75) is 31.7 Å². The first-order valence-electron chi connectivity index (χ1n) is 11.2. The topological polar surface area (TPSA) is 91.2 Å². The zero-order chi connectivity index (χ0) is 23.9. The highest BCUT2D eigenvalue weighted by molar-refractivity contribution is 5.83. The SMILES string of the molecule is C=C(NCc1ccc(Oc2ccccc2)cc1)[C@H](O)[C@@H](N=O)C(=O)N1CCc2ccccc2C1. The number of aliphatic hydroxyl groups is 1. The van der Waals surface area contributed by atoms with Crippen LogP contribution in [0.25, 0.3) is 0 Å². The lowest BCUT2D eigenvalue weighted by Crippen LogP contribution is -2.47.